The Kier molecular flexibility index (Phi) is 1.49. The Morgan fingerprint density at radius 3 is 2.86 bits per heavy atom. The van der Waals surface area contributed by atoms with E-state index < -0.39 is 0 Å². The Morgan fingerprint density at radius 1 is 1.29 bits per heavy atom. The minimum absolute atomic E-state index is 0.334. The molecule has 0 bridgehead atoms. The zero-order chi connectivity index (χ0) is 9.60. The first-order chi connectivity index (χ1) is 6.77. The predicted molar refractivity (Wildman–Crippen MR) is 56.2 cm³/mol. The van der Waals surface area contributed by atoms with Crippen molar-refractivity contribution >= 4 is 11.9 Å². The standard InChI is InChI=1S/C12H13NO/c14-10-2-3-11-9(6-10)7-12(8-13-11)4-1-5-12/h2-3,6,8,14H,1,4-5,7H2. The highest BCUT2D eigenvalue weighted by Crippen LogP contribution is 2.46. The molecule has 1 N–H and O–H groups in total. The van der Waals surface area contributed by atoms with Gasteiger partial charge in [-0.15, -0.1) is 0 Å². The molecule has 0 radical (unpaired) electrons. The molecule has 1 aromatic carbocycles. The molecular weight excluding hydrogens is 174 g/mol. The summed E-state index contributed by atoms with van der Waals surface area (Å²) in [6, 6.07) is 5.45. The van der Waals surface area contributed by atoms with Crippen LogP contribution in [0.4, 0.5) is 5.69 Å². The van der Waals surface area contributed by atoms with Crippen molar-refractivity contribution in [3.63, 3.8) is 0 Å². The first-order valence-electron chi connectivity index (χ1n) is 5.15. The first kappa shape index (κ1) is 8.04. The molecule has 3 rings (SSSR count). The Labute approximate surface area is 83.3 Å². The summed E-state index contributed by atoms with van der Waals surface area (Å²) in [6.07, 6.45) is 7.01. The van der Waals surface area contributed by atoms with Crippen LogP contribution in [0.1, 0.15) is 24.8 Å². The summed E-state index contributed by atoms with van der Waals surface area (Å²) in [5.41, 5.74) is 2.56. The number of phenols is 1. The summed E-state index contributed by atoms with van der Waals surface area (Å²) in [4.78, 5) is 4.47. The fraction of sp³-hybridized carbons (Fsp3) is 0.417. The van der Waals surface area contributed by atoms with E-state index in [0.29, 0.717) is 11.2 Å². The summed E-state index contributed by atoms with van der Waals surface area (Å²) in [7, 11) is 0. The van der Waals surface area contributed by atoms with E-state index in [2.05, 4.69) is 11.2 Å². The molecule has 2 heteroatoms. The van der Waals surface area contributed by atoms with Gasteiger partial charge >= 0.3 is 0 Å². The molecule has 0 amide bonds. The second kappa shape index (κ2) is 2.59. The lowest BCUT2D eigenvalue weighted by molar-refractivity contribution is 0.236. The van der Waals surface area contributed by atoms with Crippen molar-refractivity contribution in [1.29, 1.82) is 0 Å². The van der Waals surface area contributed by atoms with Gasteiger partial charge in [-0.1, -0.05) is 6.42 Å². The van der Waals surface area contributed by atoms with E-state index in [-0.39, 0.29) is 0 Å². The maximum absolute atomic E-state index is 9.40. The highest BCUT2D eigenvalue weighted by molar-refractivity contribution is 5.76. The topological polar surface area (TPSA) is 32.6 Å². The Hall–Kier alpha value is -1.31. The van der Waals surface area contributed by atoms with E-state index in [9.17, 15) is 5.11 Å². The largest absolute Gasteiger partial charge is 0.508 e. The van der Waals surface area contributed by atoms with E-state index in [1.807, 2.05) is 12.1 Å². The lowest BCUT2D eigenvalue weighted by Gasteiger charge is -2.40. The minimum atomic E-state index is 0.334. The van der Waals surface area contributed by atoms with Crippen LogP contribution in [-0.4, -0.2) is 11.3 Å². The van der Waals surface area contributed by atoms with Crippen LogP contribution in [0, 0.1) is 5.41 Å². The molecule has 1 saturated carbocycles. The van der Waals surface area contributed by atoms with Gasteiger partial charge in [0.15, 0.2) is 0 Å². The number of benzene rings is 1. The van der Waals surface area contributed by atoms with Gasteiger partial charge in [-0.05, 0) is 43.0 Å². The smallest absolute Gasteiger partial charge is 0.116 e. The lowest BCUT2D eigenvalue weighted by atomic mass is 9.65. The quantitative estimate of drug-likeness (QED) is 0.665. The van der Waals surface area contributed by atoms with E-state index >= 15 is 0 Å². The van der Waals surface area contributed by atoms with Crippen molar-refractivity contribution in [2.45, 2.75) is 25.7 Å². The molecule has 0 unspecified atom stereocenters. The molecule has 1 aliphatic carbocycles. The van der Waals surface area contributed by atoms with Gasteiger partial charge in [-0.3, -0.25) is 4.99 Å². The predicted octanol–water partition coefficient (Wildman–Crippen LogP) is 2.82. The van der Waals surface area contributed by atoms with Crippen LogP contribution >= 0.6 is 0 Å². The van der Waals surface area contributed by atoms with Crippen LogP contribution in [-0.2, 0) is 6.42 Å². The molecule has 0 saturated heterocycles. The van der Waals surface area contributed by atoms with Crippen LogP contribution in [0.15, 0.2) is 23.2 Å². The summed E-state index contributed by atoms with van der Waals surface area (Å²) in [5.74, 6) is 0.357. The molecule has 1 heterocycles. The summed E-state index contributed by atoms with van der Waals surface area (Å²) < 4.78 is 0. The van der Waals surface area contributed by atoms with Gasteiger partial charge in [0.1, 0.15) is 5.75 Å². The minimum Gasteiger partial charge on any atom is -0.508 e. The Balaban J connectivity index is 2.03. The van der Waals surface area contributed by atoms with E-state index in [0.717, 1.165) is 12.1 Å². The van der Waals surface area contributed by atoms with Gasteiger partial charge in [-0.2, -0.15) is 0 Å². The number of hydrogen-bond acceptors (Lipinski definition) is 2. The van der Waals surface area contributed by atoms with Crippen molar-refractivity contribution in [2.24, 2.45) is 10.4 Å². The highest BCUT2D eigenvalue weighted by Gasteiger charge is 2.37. The van der Waals surface area contributed by atoms with Gasteiger partial charge < -0.3 is 5.11 Å². The number of aliphatic imine (C=N–C) groups is 1. The summed E-state index contributed by atoms with van der Waals surface area (Å²) in [5, 5.41) is 9.40. The van der Waals surface area contributed by atoms with Crippen molar-refractivity contribution in [1.82, 2.24) is 0 Å². The fourth-order valence-electron chi connectivity index (χ4n) is 2.41. The van der Waals surface area contributed by atoms with Crippen LogP contribution < -0.4 is 0 Å². The first-order valence-corrected chi connectivity index (χ1v) is 5.15. The summed E-state index contributed by atoms with van der Waals surface area (Å²) in [6.45, 7) is 0. The second-order valence-electron chi connectivity index (χ2n) is 4.46. The van der Waals surface area contributed by atoms with Crippen LogP contribution in [0.3, 0.4) is 0 Å². The Bertz CT molecular complexity index is 405. The van der Waals surface area contributed by atoms with Crippen molar-refractivity contribution in [3.05, 3.63) is 23.8 Å². The zero-order valence-electron chi connectivity index (χ0n) is 8.03. The van der Waals surface area contributed by atoms with Crippen LogP contribution in [0.5, 0.6) is 5.75 Å². The third-order valence-electron chi connectivity index (χ3n) is 3.43. The molecule has 1 aromatic rings. The molecular formula is C12H13NO. The zero-order valence-corrected chi connectivity index (χ0v) is 8.03. The number of aromatic hydroxyl groups is 1. The van der Waals surface area contributed by atoms with Crippen LogP contribution in [0.2, 0.25) is 0 Å². The lowest BCUT2D eigenvalue weighted by Crippen LogP contribution is -2.34. The molecule has 72 valence electrons. The maximum Gasteiger partial charge on any atom is 0.116 e. The van der Waals surface area contributed by atoms with Gasteiger partial charge in [0.2, 0.25) is 0 Å². The average molecular weight is 187 g/mol. The molecule has 14 heavy (non-hydrogen) atoms. The fourth-order valence-corrected chi connectivity index (χ4v) is 2.41. The summed E-state index contributed by atoms with van der Waals surface area (Å²) >= 11 is 0. The number of hydrogen-bond donors (Lipinski definition) is 1. The highest BCUT2D eigenvalue weighted by atomic mass is 16.3. The number of rotatable bonds is 0. The van der Waals surface area contributed by atoms with Gasteiger partial charge in [0, 0.05) is 11.6 Å². The van der Waals surface area contributed by atoms with Crippen molar-refractivity contribution in [3.8, 4) is 5.75 Å². The SMILES string of the molecule is Oc1ccc2c(c1)CC1(C=N2)CCC1. The molecule has 2 aliphatic rings. The van der Waals surface area contributed by atoms with Crippen molar-refractivity contribution in [2.75, 3.05) is 0 Å². The van der Waals surface area contributed by atoms with Crippen molar-refractivity contribution < 1.29 is 5.11 Å². The van der Waals surface area contributed by atoms with Gasteiger partial charge in [0.25, 0.3) is 0 Å². The van der Waals surface area contributed by atoms with Gasteiger partial charge in [0.05, 0.1) is 5.69 Å². The number of phenolic OH excluding ortho intramolecular Hbond substituents is 1. The third kappa shape index (κ3) is 1.07. The molecule has 1 fully saturated rings. The van der Waals surface area contributed by atoms with E-state index in [4.69, 9.17) is 0 Å². The molecule has 0 atom stereocenters. The molecule has 1 aliphatic heterocycles. The van der Waals surface area contributed by atoms with E-state index in [1.54, 1.807) is 6.07 Å². The normalized spacial score (nSPS) is 21.7. The monoisotopic (exact) mass is 187 g/mol. The van der Waals surface area contributed by atoms with E-state index in [1.165, 1.54) is 24.8 Å². The Morgan fingerprint density at radius 2 is 2.14 bits per heavy atom. The molecule has 1 spiro atoms. The maximum atomic E-state index is 9.40. The van der Waals surface area contributed by atoms with Gasteiger partial charge in [-0.25, -0.2) is 0 Å². The second-order valence-corrected chi connectivity index (χ2v) is 4.46. The number of nitrogens with zero attached hydrogens (tertiary/aromatic N) is 1. The third-order valence-corrected chi connectivity index (χ3v) is 3.43. The molecule has 2 nitrogen and oxygen atoms in total. The van der Waals surface area contributed by atoms with Crippen LogP contribution in [0.25, 0.3) is 0 Å². The molecule has 0 aromatic heterocycles. The average Bonchev–Trinajstić information content (AvgIpc) is 2.14. The number of fused-ring (bicyclic) bond motifs is 1.